The number of aromatic amines is 1. The van der Waals surface area contributed by atoms with Crippen LogP contribution in [0.4, 0.5) is 4.79 Å². The van der Waals surface area contributed by atoms with Crippen molar-refractivity contribution in [3.05, 3.63) is 51.3 Å². The van der Waals surface area contributed by atoms with Crippen molar-refractivity contribution < 1.29 is 9.90 Å². The van der Waals surface area contributed by atoms with E-state index in [1.54, 1.807) is 4.68 Å². The molecular weight excluding hydrogens is 332 g/mol. The van der Waals surface area contributed by atoms with Gasteiger partial charge in [0, 0.05) is 30.1 Å². The SMILES string of the molecule is Cn1nc(-c2cccc(CNC(=O)O)c2)c2c3c(c(=O)[nH]c21)CCCC3. The number of rotatable bonds is 3. The molecule has 1 amide bonds. The van der Waals surface area contributed by atoms with Gasteiger partial charge in [-0.15, -0.1) is 0 Å². The van der Waals surface area contributed by atoms with Crippen molar-refractivity contribution in [2.75, 3.05) is 0 Å². The average Bonchev–Trinajstić information content (AvgIpc) is 2.97. The summed E-state index contributed by atoms with van der Waals surface area (Å²) in [6, 6.07) is 7.68. The number of aryl methyl sites for hydroxylation is 2. The Labute approximate surface area is 149 Å². The molecule has 7 heteroatoms. The molecule has 2 heterocycles. The van der Waals surface area contributed by atoms with E-state index in [0.717, 1.165) is 64.7 Å². The maximum absolute atomic E-state index is 12.4. The third-order valence-electron chi connectivity index (χ3n) is 4.97. The largest absolute Gasteiger partial charge is 0.465 e. The minimum absolute atomic E-state index is 0.0128. The zero-order chi connectivity index (χ0) is 18.3. The number of hydrogen-bond donors (Lipinski definition) is 3. The number of nitrogens with one attached hydrogen (secondary N) is 2. The van der Waals surface area contributed by atoms with Gasteiger partial charge in [-0.2, -0.15) is 5.10 Å². The van der Waals surface area contributed by atoms with E-state index in [-0.39, 0.29) is 12.1 Å². The summed E-state index contributed by atoms with van der Waals surface area (Å²) >= 11 is 0. The highest BCUT2D eigenvalue weighted by Gasteiger charge is 2.22. The molecule has 0 spiro atoms. The minimum atomic E-state index is -1.05. The second-order valence-electron chi connectivity index (χ2n) is 6.67. The summed E-state index contributed by atoms with van der Waals surface area (Å²) in [4.78, 5) is 26.1. The summed E-state index contributed by atoms with van der Waals surface area (Å²) in [5, 5.41) is 16.8. The van der Waals surface area contributed by atoms with Crippen LogP contribution in [-0.4, -0.2) is 26.0 Å². The predicted molar refractivity (Wildman–Crippen MR) is 98.3 cm³/mol. The van der Waals surface area contributed by atoms with Gasteiger partial charge >= 0.3 is 6.09 Å². The van der Waals surface area contributed by atoms with Gasteiger partial charge in [-0.3, -0.25) is 9.48 Å². The van der Waals surface area contributed by atoms with Gasteiger partial charge in [0.1, 0.15) is 11.3 Å². The molecule has 1 aliphatic rings. The van der Waals surface area contributed by atoms with Crippen molar-refractivity contribution >= 4 is 17.1 Å². The Morgan fingerprint density at radius 1 is 1.31 bits per heavy atom. The van der Waals surface area contributed by atoms with Crippen LogP contribution in [0.25, 0.3) is 22.3 Å². The van der Waals surface area contributed by atoms with E-state index in [0.29, 0.717) is 0 Å². The van der Waals surface area contributed by atoms with Gasteiger partial charge in [-0.1, -0.05) is 18.2 Å². The molecule has 4 rings (SSSR count). The maximum atomic E-state index is 12.4. The lowest BCUT2D eigenvalue weighted by atomic mass is 9.89. The highest BCUT2D eigenvalue weighted by Crippen LogP contribution is 2.33. The molecule has 3 aromatic rings. The number of fused-ring (bicyclic) bond motifs is 3. The summed E-state index contributed by atoms with van der Waals surface area (Å²) in [6.45, 7) is 0.239. The van der Waals surface area contributed by atoms with Crippen LogP contribution in [0.5, 0.6) is 0 Å². The molecule has 1 aromatic carbocycles. The Morgan fingerprint density at radius 3 is 2.85 bits per heavy atom. The molecule has 134 valence electrons. The third-order valence-corrected chi connectivity index (χ3v) is 4.97. The molecule has 1 aliphatic carbocycles. The molecule has 0 saturated heterocycles. The molecule has 3 N–H and O–H groups in total. The lowest BCUT2D eigenvalue weighted by molar-refractivity contribution is 0.194. The Kier molecular flexibility index (Phi) is 3.99. The van der Waals surface area contributed by atoms with Crippen LogP contribution < -0.4 is 10.9 Å². The zero-order valence-corrected chi connectivity index (χ0v) is 14.5. The first-order valence-corrected chi connectivity index (χ1v) is 8.71. The predicted octanol–water partition coefficient (Wildman–Crippen LogP) is 2.58. The summed E-state index contributed by atoms with van der Waals surface area (Å²) in [5.74, 6) is 0. The van der Waals surface area contributed by atoms with Crippen LogP contribution in [0.3, 0.4) is 0 Å². The fourth-order valence-corrected chi connectivity index (χ4v) is 3.78. The smallest absolute Gasteiger partial charge is 0.404 e. The fraction of sp³-hybridized carbons (Fsp3) is 0.316. The molecule has 0 atom stereocenters. The molecule has 0 saturated carbocycles. The summed E-state index contributed by atoms with van der Waals surface area (Å²) in [6.07, 6.45) is 2.74. The number of pyridine rings is 1. The normalized spacial score (nSPS) is 13.6. The van der Waals surface area contributed by atoms with Crippen LogP contribution in [-0.2, 0) is 26.4 Å². The fourth-order valence-electron chi connectivity index (χ4n) is 3.78. The topological polar surface area (TPSA) is 100 Å². The molecule has 0 radical (unpaired) electrons. The van der Waals surface area contributed by atoms with Gasteiger partial charge in [0.25, 0.3) is 5.56 Å². The van der Waals surface area contributed by atoms with Crippen LogP contribution in [0.1, 0.15) is 29.5 Å². The van der Waals surface area contributed by atoms with Crippen LogP contribution >= 0.6 is 0 Å². The molecule has 2 aromatic heterocycles. The number of carboxylic acid groups (broad SMARTS) is 1. The van der Waals surface area contributed by atoms with Crippen LogP contribution in [0, 0.1) is 0 Å². The van der Waals surface area contributed by atoms with Gasteiger partial charge in [-0.25, -0.2) is 4.79 Å². The molecule has 0 bridgehead atoms. The van der Waals surface area contributed by atoms with E-state index < -0.39 is 6.09 Å². The Hall–Kier alpha value is -3.09. The van der Waals surface area contributed by atoms with Gasteiger partial charge in [-0.05, 0) is 42.9 Å². The number of hydrogen-bond acceptors (Lipinski definition) is 3. The van der Waals surface area contributed by atoms with Crippen LogP contribution in [0.2, 0.25) is 0 Å². The van der Waals surface area contributed by atoms with Gasteiger partial charge in [0.05, 0.1) is 0 Å². The average molecular weight is 352 g/mol. The van der Waals surface area contributed by atoms with E-state index in [9.17, 15) is 9.59 Å². The standard InChI is InChI=1S/C19H20N4O3/c1-23-17-15(13-7-2-3-8-14(13)18(24)21-17)16(22-23)12-6-4-5-11(9-12)10-20-19(25)26/h4-6,9,20H,2-3,7-8,10H2,1H3,(H,21,24)(H,25,26). The van der Waals surface area contributed by atoms with E-state index in [2.05, 4.69) is 15.4 Å². The second kappa shape index (κ2) is 6.33. The minimum Gasteiger partial charge on any atom is -0.465 e. The Balaban J connectivity index is 1.89. The first-order chi connectivity index (χ1) is 12.5. The summed E-state index contributed by atoms with van der Waals surface area (Å²) in [5.41, 5.74) is 5.31. The highest BCUT2D eigenvalue weighted by molar-refractivity contribution is 5.94. The van der Waals surface area contributed by atoms with Gasteiger partial charge < -0.3 is 15.4 Å². The van der Waals surface area contributed by atoms with Gasteiger partial charge in [0.15, 0.2) is 0 Å². The number of amides is 1. The van der Waals surface area contributed by atoms with Crippen LogP contribution in [0.15, 0.2) is 29.1 Å². The Bertz CT molecular complexity index is 1060. The van der Waals surface area contributed by atoms with E-state index >= 15 is 0 Å². The van der Waals surface area contributed by atoms with Crippen molar-refractivity contribution in [2.24, 2.45) is 7.05 Å². The first kappa shape index (κ1) is 16.4. The highest BCUT2D eigenvalue weighted by atomic mass is 16.4. The Morgan fingerprint density at radius 2 is 2.08 bits per heavy atom. The number of benzene rings is 1. The van der Waals surface area contributed by atoms with Crippen molar-refractivity contribution in [2.45, 2.75) is 32.2 Å². The number of aromatic nitrogens is 3. The second-order valence-corrected chi connectivity index (χ2v) is 6.67. The number of carbonyl (C=O) groups is 1. The lowest BCUT2D eigenvalue weighted by Gasteiger charge is -2.16. The maximum Gasteiger partial charge on any atom is 0.404 e. The number of nitrogens with zero attached hydrogens (tertiary/aromatic N) is 2. The zero-order valence-electron chi connectivity index (χ0n) is 14.5. The molecular formula is C19H20N4O3. The monoisotopic (exact) mass is 352 g/mol. The van der Waals surface area contributed by atoms with Crippen molar-refractivity contribution in [1.82, 2.24) is 20.1 Å². The summed E-state index contributed by atoms with van der Waals surface area (Å²) < 4.78 is 1.71. The quantitative estimate of drug-likeness (QED) is 0.674. The third kappa shape index (κ3) is 2.75. The lowest BCUT2D eigenvalue weighted by Crippen LogP contribution is -2.20. The summed E-state index contributed by atoms with van der Waals surface area (Å²) in [7, 11) is 1.83. The number of H-pyrrole nitrogens is 1. The molecule has 7 nitrogen and oxygen atoms in total. The molecule has 0 fully saturated rings. The van der Waals surface area contributed by atoms with E-state index in [1.165, 1.54) is 0 Å². The first-order valence-electron chi connectivity index (χ1n) is 8.71. The molecule has 26 heavy (non-hydrogen) atoms. The van der Waals surface area contributed by atoms with E-state index in [1.807, 2.05) is 31.3 Å². The molecule has 0 unspecified atom stereocenters. The van der Waals surface area contributed by atoms with Crippen molar-refractivity contribution in [3.8, 4) is 11.3 Å². The van der Waals surface area contributed by atoms with Crippen molar-refractivity contribution in [1.29, 1.82) is 0 Å². The van der Waals surface area contributed by atoms with Gasteiger partial charge in [0.2, 0.25) is 0 Å². The van der Waals surface area contributed by atoms with Crippen molar-refractivity contribution in [3.63, 3.8) is 0 Å². The van der Waals surface area contributed by atoms with E-state index in [4.69, 9.17) is 5.11 Å². The molecule has 0 aliphatic heterocycles.